The van der Waals surface area contributed by atoms with Gasteiger partial charge in [0.05, 0.1) is 0 Å². The van der Waals surface area contributed by atoms with Crippen LogP contribution >= 0.6 is 23.2 Å². The zero-order valence-electron chi connectivity index (χ0n) is 5.86. The van der Waals surface area contributed by atoms with Crippen LogP contribution in [0.2, 0.25) is 10.4 Å². The third-order valence-electron chi connectivity index (χ3n) is 1.14. The second-order valence-electron chi connectivity index (χ2n) is 2.04. The molecule has 1 rings (SSSR count). The Morgan fingerprint density at radius 3 is 2.15 bits per heavy atom. The zero-order chi connectivity index (χ0) is 10.2. The molecule has 0 bridgehead atoms. The molecular formula is C5H2Cl2F3N3. The highest BCUT2D eigenvalue weighted by Crippen LogP contribution is 2.35. The Hall–Kier alpha value is -0.750. The molecule has 0 aliphatic carbocycles. The molecule has 0 aromatic carbocycles. The second-order valence-corrected chi connectivity index (χ2v) is 2.74. The van der Waals surface area contributed by atoms with E-state index in [1.807, 2.05) is 0 Å². The molecular weight excluding hydrogens is 230 g/mol. The average molecular weight is 232 g/mol. The average Bonchev–Trinajstić information content (AvgIpc) is 1.94. The maximum Gasteiger partial charge on any atom is 0.435 e. The summed E-state index contributed by atoms with van der Waals surface area (Å²) in [6.45, 7) is 0. The number of nitrogens with zero attached hydrogens (tertiary/aromatic N) is 2. The SMILES string of the molecule is Nc1c(Cl)nc(Cl)nc1C(F)(F)F. The molecule has 0 aliphatic heterocycles. The molecule has 72 valence electrons. The maximum absolute atomic E-state index is 12.1. The van der Waals surface area contributed by atoms with E-state index in [1.165, 1.54) is 0 Å². The first-order chi connectivity index (χ1) is 5.82. The van der Waals surface area contributed by atoms with Gasteiger partial charge in [0.25, 0.3) is 0 Å². The molecule has 2 N–H and O–H groups in total. The van der Waals surface area contributed by atoms with Crippen molar-refractivity contribution in [3.05, 3.63) is 16.1 Å². The van der Waals surface area contributed by atoms with Gasteiger partial charge in [-0.15, -0.1) is 0 Å². The van der Waals surface area contributed by atoms with Gasteiger partial charge < -0.3 is 5.73 Å². The fourth-order valence-electron chi connectivity index (χ4n) is 0.632. The highest BCUT2D eigenvalue weighted by Gasteiger charge is 2.36. The van der Waals surface area contributed by atoms with Gasteiger partial charge in [-0.2, -0.15) is 13.2 Å². The van der Waals surface area contributed by atoms with Crippen molar-refractivity contribution in [2.24, 2.45) is 0 Å². The van der Waals surface area contributed by atoms with Crippen LogP contribution in [0.5, 0.6) is 0 Å². The Morgan fingerprint density at radius 2 is 1.69 bits per heavy atom. The van der Waals surface area contributed by atoms with Crippen LogP contribution in [0.25, 0.3) is 0 Å². The van der Waals surface area contributed by atoms with Crippen LogP contribution in [-0.2, 0) is 6.18 Å². The van der Waals surface area contributed by atoms with Crippen LogP contribution in [0.3, 0.4) is 0 Å². The Kier molecular flexibility index (Phi) is 2.53. The summed E-state index contributed by atoms with van der Waals surface area (Å²) in [5.74, 6) is 0. The van der Waals surface area contributed by atoms with Gasteiger partial charge in [-0.25, -0.2) is 9.97 Å². The Bertz CT molecular complexity index is 339. The highest BCUT2D eigenvalue weighted by molar-refractivity contribution is 6.33. The van der Waals surface area contributed by atoms with Crippen LogP contribution in [0, 0.1) is 0 Å². The molecule has 1 aromatic heterocycles. The molecule has 13 heavy (non-hydrogen) atoms. The van der Waals surface area contributed by atoms with Gasteiger partial charge in [0.15, 0.2) is 10.8 Å². The number of halogens is 5. The summed E-state index contributed by atoms with van der Waals surface area (Å²) in [7, 11) is 0. The molecule has 1 aromatic rings. The number of nitrogen functional groups attached to an aromatic ring is 1. The van der Waals surface area contributed by atoms with Gasteiger partial charge >= 0.3 is 6.18 Å². The fourth-order valence-corrected chi connectivity index (χ4v) is 1.01. The van der Waals surface area contributed by atoms with Gasteiger partial charge in [-0.1, -0.05) is 11.6 Å². The minimum absolute atomic E-state index is 0.507. The molecule has 0 saturated heterocycles. The lowest BCUT2D eigenvalue weighted by atomic mass is 10.3. The Morgan fingerprint density at radius 1 is 1.15 bits per heavy atom. The lowest BCUT2D eigenvalue weighted by Crippen LogP contribution is -2.13. The summed E-state index contributed by atoms with van der Waals surface area (Å²) in [6.07, 6.45) is -4.68. The molecule has 0 radical (unpaired) electrons. The van der Waals surface area contributed by atoms with Crippen molar-refractivity contribution in [3.63, 3.8) is 0 Å². The number of alkyl halides is 3. The topological polar surface area (TPSA) is 51.8 Å². The van der Waals surface area contributed by atoms with Gasteiger partial charge in [0.1, 0.15) is 5.69 Å². The van der Waals surface area contributed by atoms with Crippen LogP contribution < -0.4 is 5.73 Å². The third-order valence-corrected chi connectivity index (χ3v) is 1.60. The van der Waals surface area contributed by atoms with Gasteiger partial charge in [0, 0.05) is 0 Å². The van der Waals surface area contributed by atoms with Crippen molar-refractivity contribution >= 4 is 28.9 Å². The first-order valence-electron chi connectivity index (χ1n) is 2.88. The predicted octanol–water partition coefficient (Wildman–Crippen LogP) is 2.38. The minimum atomic E-state index is -4.68. The van der Waals surface area contributed by atoms with Gasteiger partial charge in [-0.05, 0) is 11.6 Å². The quantitative estimate of drug-likeness (QED) is 0.551. The van der Waals surface area contributed by atoms with Gasteiger partial charge in [0.2, 0.25) is 5.28 Å². The molecule has 3 nitrogen and oxygen atoms in total. The number of nitrogens with two attached hydrogens (primary N) is 1. The number of hydrogen-bond donors (Lipinski definition) is 1. The lowest BCUT2D eigenvalue weighted by molar-refractivity contribution is -0.140. The summed E-state index contributed by atoms with van der Waals surface area (Å²) < 4.78 is 36.4. The molecule has 0 spiro atoms. The predicted molar refractivity (Wildman–Crippen MR) is 41.5 cm³/mol. The number of hydrogen-bond acceptors (Lipinski definition) is 3. The van der Waals surface area contributed by atoms with Crippen LogP contribution in [0.1, 0.15) is 5.69 Å². The molecule has 0 aliphatic rings. The van der Waals surface area contributed by atoms with E-state index in [-0.39, 0.29) is 0 Å². The van der Waals surface area contributed by atoms with E-state index in [9.17, 15) is 13.2 Å². The van der Waals surface area contributed by atoms with Crippen molar-refractivity contribution in [1.82, 2.24) is 9.97 Å². The van der Waals surface area contributed by atoms with E-state index in [2.05, 4.69) is 9.97 Å². The molecule has 8 heteroatoms. The molecule has 0 atom stereocenters. The zero-order valence-corrected chi connectivity index (χ0v) is 7.37. The van der Waals surface area contributed by atoms with Crippen LogP contribution in [0.15, 0.2) is 0 Å². The molecule has 0 fully saturated rings. The molecule has 1 heterocycles. The summed E-state index contributed by atoms with van der Waals surface area (Å²) in [6, 6.07) is 0. The van der Waals surface area contributed by atoms with E-state index in [1.54, 1.807) is 0 Å². The summed E-state index contributed by atoms with van der Waals surface area (Å²) in [5, 5.41) is -1.10. The Labute approximate surface area is 80.7 Å². The molecule has 0 unspecified atom stereocenters. The van der Waals surface area contributed by atoms with E-state index >= 15 is 0 Å². The van der Waals surface area contributed by atoms with Crippen LogP contribution in [0.4, 0.5) is 18.9 Å². The maximum atomic E-state index is 12.1. The third kappa shape index (κ3) is 2.13. The standard InChI is InChI=1S/C5H2Cl2F3N3/c6-3-1(11)2(5(8,9)10)12-4(7)13-3/h11H2. The van der Waals surface area contributed by atoms with Crippen LogP contribution in [-0.4, -0.2) is 9.97 Å². The van der Waals surface area contributed by atoms with E-state index in [0.29, 0.717) is 0 Å². The lowest BCUT2D eigenvalue weighted by Gasteiger charge is -2.08. The normalized spacial score (nSPS) is 11.8. The van der Waals surface area contributed by atoms with Crippen molar-refractivity contribution in [1.29, 1.82) is 0 Å². The van der Waals surface area contributed by atoms with E-state index in [0.717, 1.165) is 0 Å². The summed E-state index contributed by atoms with van der Waals surface area (Å²) in [4.78, 5) is 6.17. The second kappa shape index (κ2) is 3.19. The fraction of sp³-hybridized carbons (Fsp3) is 0.200. The smallest absolute Gasteiger partial charge is 0.394 e. The van der Waals surface area contributed by atoms with Crippen molar-refractivity contribution in [2.75, 3.05) is 5.73 Å². The molecule has 0 amide bonds. The largest absolute Gasteiger partial charge is 0.435 e. The van der Waals surface area contributed by atoms with Crippen molar-refractivity contribution in [3.8, 4) is 0 Å². The first kappa shape index (κ1) is 10.3. The van der Waals surface area contributed by atoms with E-state index < -0.39 is 28.0 Å². The number of anilines is 1. The minimum Gasteiger partial charge on any atom is -0.394 e. The monoisotopic (exact) mass is 231 g/mol. The highest BCUT2D eigenvalue weighted by atomic mass is 35.5. The summed E-state index contributed by atoms with van der Waals surface area (Å²) >= 11 is 10.4. The summed E-state index contributed by atoms with van der Waals surface area (Å²) in [5.41, 5.74) is 2.96. The van der Waals surface area contributed by atoms with E-state index in [4.69, 9.17) is 28.9 Å². The van der Waals surface area contributed by atoms with Crippen molar-refractivity contribution < 1.29 is 13.2 Å². The first-order valence-corrected chi connectivity index (χ1v) is 3.63. The number of aromatic nitrogens is 2. The Balaban J connectivity index is 3.37. The van der Waals surface area contributed by atoms with Crippen molar-refractivity contribution in [2.45, 2.75) is 6.18 Å². The number of rotatable bonds is 0. The van der Waals surface area contributed by atoms with Gasteiger partial charge in [-0.3, -0.25) is 0 Å². The molecule has 0 saturated carbocycles.